The number of benzene rings is 1. The monoisotopic (exact) mass is 283 g/mol. The number of amides is 1. The summed E-state index contributed by atoms with van der Waals surface area (Å²) in [6.07, 6.45) is 5.27. The third-order valence-electron chi connectivity index (χ3n) is 3.95. The summed E-state index contributed by atoms with van der Waals surface area (Å²) in [6.45, 7) is 2.00. The lowest BCUT2D eigenvalue weighted by atomic mass is 10.0. The predicted molar refractivity (Wildman–Crippen MR) is 78.1 cm³/mol. The number of aromatic nitrogens is 2. The molecule has 21 heavy (non-hydrogen) atoms. The summed E-state index contributed by atoms with van der Waals surface area (Å²) in [7, 11) is 1.78. The van der Waals surface area contributed by atoms with Crippen LogP contribution in [0, 0.1) is 0 Å². The fourth-order valence-corrected chi connectivity index (χ4v) is 2.53. The van der Waals surface area contributed by atoms with Crippen LogP contribution >= 0.6 is 0 Å². The van der Waals surface area contributed by atoms with Crippen LogP contribution < -0.4 is 4.74 Å². The van der Waals surface area contributed by atoms with Crippen molar-refractivity contribution in [3.8, 4) is 5.75 Å². The van der Waals surface area contributed by atoms with Gasteiger partial charge in [-0.3, -0.25) is 4.79 Å². The van der Waals surface area contributed by atoms with Crippen molar-refractivity contribution in [2.45, 2.75) is 25.5 Å². The summed E-state index contributed by atoms with van der Waals surface area (Å²) in [5, 5.41) is 0. The number of hydrogen-bond donors (Lipinski definition) is 0. The maximum atomic E-state index is 12.4. The summed E-state index contributed by atoms with van der Waals surface area (Å²) in [5.41, 5.74) is 1.68. The fourth-order valence-electron chi connectivity index (χ4n) is 2.53. The highest BCUT2D eigenvalue weighted by atomic mass is 16.5. The third kappa shape index (κ3) is 2.59. The van der Waals surface area contributed by atoms with Gasteiger partial charge in [-0.1, -0.05) is 18.2 Å². The van der Waals surface area contributed by atoms with Crippen LogP contribution in [0.4, 0.5) is 0 Å². The molecule has 0 spiro atoms. The van der Waals surface area contributed by atoms with Crippen molar-refractivity contribution in [2.75, 3.05) is 7.05 Å². The van der Waals surface area contributed by atoms with Crippen molar-refractivity contribution in [3.05, 3.63) is 54.1 Å². The van der Waals surface area contributed by atoms with E-state index in [1.807, 2.05) is 25.1 Å². The van der Waals surface area contributed by atoms with E-state index in [2.05, 4.69) is 16.0 Å². The van der Waals surface area contributed by atoms with Gasteiger partial charge in [-0.2, -0.15) is 0 Å². The number of nitrogens with zero attached hydrogens (tertiary/aromatic N) is 3. The lowest BCUT2D eigenvalue weighted by molar-refractivity contribution is 0.0597. The SMILES string of the molecule is CC(C1Cc2ccccc2O1)N(C)C(=O)c1cncnc1. The smallest absolute Gasteiger partial charge is 0.257 e. The minimum absolute atomic E-state index is 0.0269. The Morgan fingerprint density at radius 1 is 1.33 bits per heavy atom. The third-order valence-corrected chi connectivity index (χ3v) is 3.95. The molecule has 0 radical (unpaired) electrons. The Bertz CT molecular complexity index is 620. The zero-order valence-electron chi connectivity index (χ0n) is 12.1. The highest BCUT2D eigenvalue weighted by Crippen LogP contribution is 2.30. The number of ether oxygens (including phenoxy) is 1. The van der Waals surface area contributed by atoms with E-state index in [-0.39, 0.29) is 18.1 Å². The van der Waals surface area contributed by atoms with E-state index in [1.54, 1.807) is 11.9 Å². The molecule has 0 saturated carbocycles. The highest BCUT2D eigenvalue weighted by molar-refractivity contribution is 5.93. The normalized spacial score (nSPS) is 17.7. The van der Waals surface area contributed by atoms with Gasteiger partial charge < -0.3 is 9.64 Å². The number of fused-ring (bicyclic) bond motifs is 1. The Morgan fingerprint density at radius 3 is 2.76 bits per heavy atom. The Kier molecular flexibility index (Phi) is 3.56. The maximum absolute atomic E-state index is 12.4. The molecule has 2 atom stereocenters. The van der Waals surface area contributed by atoms with Crippen LogP contribution in [0.1, 0.15) is 22.8 Å². The van der Waals surface area contributed by atoms with Crippen molar-refractivity contribution in [1.82, 2.24) is 14.9 Å². The molecule has 3 rings (SSSR count). The van der Waals surface area contributed by atoms with E-state index in [1.165, 1.54) is 24.3 Å². The Hall–Kier alpha value is -2.43. The van der Waals surface area contributed by atoms with Gasteiger partial charge in [-0.25, -0.2) is 9.97 Å². The molecule has 0 bridgehead atoms. The van der Waals surface area contributed by atoms with E-state index >= 15 is 0 Å². The van der Waals surface area contributed by atoms with Crippen LogP contribution in [0.25, 0.3) is 0 Å². The van der Waals surface area contributed by atoms with E-state index in [4.69, 9.17) is 4.74 Å². The molecule has 0 saturated heterocycles. The Balaban J connectivity index is 1.72. The predicted octanol–water partition coefficient (Wildman–Crippen LogP) is 1.94. The number of para-hydroxylation sites is 1. The quantitative estimate of drug-likeness (QED) is 0.864. The highest BCUT2D eigenvalue weighted by Gasteiger charge is 2.32. The summed E-state index contributed by atoms with van der Waals surface area (Å²) in [6, 6.07) is 7.96. The molecule has 0 N–H and O–H groups in total. The number of likely N-dealkylation sites (N-methyl/N-ethyl adjacent to an activating group) is 1. The van der Waals surface area contributed by atoms with E-state index in [9.17, 15) is 4.79 Å². The zero-order chi connectivity index (χ0) is 14.8. The first-order valence-electron chi connectivity index (χ1n) is 6.93. The van der Waals surface area contributed by atoms with Crippen LogP contribution in [0.2, 0.25) is 0 Å². The molecular weight excluding hydrogens is 266 g/mol. The molecule has 0 aliphatic carbocycles. The van der Waals surface area contributed by atoms with Gasteiger partial charge in [0, 0.05) is 25.9 Å². The van der Waals surface area contributed by atoms with Gasteiger partial charge in [0.15, 0.2) is 0 Å². The summed E-state index contributed by atoms with van der Waals surface area (Å²) >= 11 is 0. The number of rotatable bonds is 3. The van der Waals surface area contributed by atoms with Gasteiger partial charge in [0.25, 0.3) is 5.91 Å². The number of carbonyl (C=O) groups is 1. The van der Waals surface area contributed by atoms with E-state index in [0.29, 0.717) is 5.56 Å². The molecule has 1 amide bonds. The summed E-state index contributed by atoms with van der Waals surface area (Å²) < 4.78 is 5.95. The van der Waals surface area contributed by atoms with Crippen molar-refractivity contribution >= 4 is 5.91 Å². The molecule has 2 unspecified atom stereocenters. The maximum Gasteiger partial charge on any atom is 0.257 e. The number of carbonyl (C=O) groups excluding carboxylic acids is 1. The lowest BCUT2D eigenvalue weighted by Crippen LogP contribution is -2.44. The molecule has 1 aromatic heterocycles. The molecule has 2 heterocycles. The fraction of sp³-hybridized carbons (Fsp3) is 0.312. The van der Waals surface area contributed by atoms with Gasteiger partial charge in [0.05, 0.1) is 11.6 Å². The Morgan fingerprint density at radius 2 is 2.05 bits per heavy atom. The molecule has 0 fully saturated rings. The number of hydrogen-bond acceptors (Lipinski definition) is 4. The second kappa shape index (κ2) is 5.52. The van der Waals surface area contributed by atoms with Crippen molar-refractivity contribution in [1.29, 1.82) is 0 Å². The van der Waals surface area contributed by atoms with E-state index in [0.717, 1.165) is 12.2 Å². The topological polar surface area (TPSA) is 55.3 Å². The lowest BCUT2D eigenvalue weighted by Gasteiger charge is -2.29. The van der Waals surface area contributed by atoms with Crippen molar-refractivity contribution in [3.63, 3.8) is 0 Å². The first-order chi connectivity index (χ1) is 10.2. The first-order valence-corrected chi connectivity index (χ1v) is 6.93. The second-order valence-corrected chi connectivity index (χ2v) is 5.25. The average molecular weight is 283 g/mol. The zero-order valence-corrected chi connectivity index (χ0v) is 12.1. The van der Waals surface area contributed by atoms with Crippen LogP contribution in [0.5, 0.6) is 5.75 Å². The second-order valence-electron chi connectivity index (χ2n) is 5.25. The molecule has 1 aliphatic heterocycles. The van der Waals surface area contributed by atoms with Crippen molar-refractivity contribution < 1.29 is 9.53 Å². The minimum Gasteiger partial charge on any atom is -0.488 e. The van der Waals surface area contributed by atoms with Crippen LogP contribution in [0.15, 0.2) is 43.0 Å². The standard InChI is InChI=1S/C16H17N3O2/c1-11(15-7-12-5-3-4-6-14(12)21-15)19(2)16(20)13-8-17-10-18-9-13/h3-6,8-11,15H,7H2,1-2H3. The van der Waals surface area contributed by atoms with Gasteiger partial charge in [-0.15, -0.1) is 0 Å². The molecule has 5 heteroatoms. The minimum atomic E-state index is -0.0948. The summed E-state index contributed by atoms with van der Waals surface area (Å²) in [4.78, 5) is 21.9. The van der Waals surface area contributed by atoms with Gasteiger partial charge in [-0.05, 0) is 18.6 Å². The van der Waals surface area contributed by atoms with Crippen LogP contribution in [0.3, 0.4) is 0 Å². The molecule has 1 aliphatic rings. The largest absolute Gasteiger partial charge is 0.488 e. The van der Waals surface area contributed by atoms with Gasteiger partial charge in [0.1, 0.15) is 18.2 Å². The summed E-state index contributed by atoms with van der Waals surface area (Å²) in [5.74, 6) is 0.820. The van der Waals surface area contributed by atoms with E-state index < -0.39 is 0 Å². The van der Waals surface area contributed by atoms with Crippen molar-refractivity contribution in [2.24, 2.45) is 0 Å². The average Bonchev–Trinajstić information content (AvgIpc) is 2.97. The Labute approximate surface area is 123 Å². The van der Waals surface area contributed by atoms with Crippen LogP contribution in [-0.4, -0.2) is 40.0 Å². The van der Waals surface area contributed by atoms with Gasteiger partial charge in [0.2, 0.25) is 0 Å². The first kappa shape index (κ1) is 13.5. The van der Waals surface area contributed by atoms with Gasteiger partial charge >= 0.3 is 0 Å². The molecular formula is C16H17N3O2. The molecule has 2 aromatic rings. The van der Waals surface area contributed by atoms with Crippen LogP contribution in [-0.2, 0) is 6.42 Å². The molecule has 108 valence electrons. The molecule has 5 nitrogen and oxygen atoms in total. The molecule has 1 aromatic carbocycles.